The number of nitrogens with zero attached hydrogens (tertiary/aromatic N) is 1. The van der Waals surface area contributed by atoms with Gasteiger partial charge in [-0.3, -0.25) is 0 Å². The van der Waals surface area contributed by atoms with Crippen LogP contribution < -0.4 is 10.6 Å². The molecule has 0 saturated carbocycles. The van der Waals surface area contributed by atoms with Crippen LogP contribution in [0.5, 0.6) is 0 Å². The van der Waals surface area contributed by atoms with Gasteiger partial charge in [-0.2, -0.15) is 0 Å². The Bertz CT molecular complexity index is 581. The molecule has 2 N–H and O–H groups in total. The zero-order valence-corrected chi connectivity index (χ0v) is 12.1. The van der Waals surface area contributed by atoms with E-state index in [4.69, 9.17) is 5.73 Å². The van der Waals surface area contributed by atoms with Gasteiger partial charge < -0.3 is 10.6 Å². The van der Waals surface area contributed by atoms with Gasteiger partial charge in [-0.25, -0.2) is 4.39 Å². The Kier molecular flexibility index (Phi) is 4.74. The molecule has 2 nitrogen and oxygen atoms in total. The molecule has 0 aliphatic rings. The summed E-state index contributed by atoms with van der Waals surface area (Å²) in [5.74, 6) is -0.230. The Balaban J connectivity index is 2.28. The van der Waals surface area contributed by atoms with Gasteiger partial charge >= 0.3 is 0 Å². The third-order valence-corrected chi connectivity index (χ3v) is 3.55. The molecule has 2 aromatic rings. The first kappa shape index (κ1) is 14.5. The first-order chi connectivity index (χ1) is 9.63. The van der Waals surface area contributed by atoms with Crippen LogP contribution >= 0.6 is 0 Å². The zero-order valence-electron chi connectivity index (χ0n) is 12.1. The minimum atomic E-state index is -0.230. The molecule has 0 aliphatic carbocycles. The topological polar surface area (TPSA) is 29.3 Å². The van der Waals surface area contributed by atoms with Crippen molar-refractivity contribution in [1.82, 2.24) is 0 Å². The molecule has 0 atom stereocenters. The van der Waals surface area contributed by atoms with Crippen molar-refractivity contribution >= 4 is 5.69 Å². The first-order valence-electron chi connectivity index (χ1n) is 6.93. The van der Waals surface area contributed by atoms with Gasteiger partial charge in [-0.05, 0) is 48.7 Å². The molecular weight excluding hydrogens is 251 g/mol. The molecule has 0 spiro atoms. The lowest BCUT2D eigenvalue weighted by Crippen LogP contribution is -2.23. The molecule has 0 unspecified atom stereocenters. The second-order valence-electron chi connectivity index (χ2n) is 4.96. The maximum absolute atomic E-state index is 13.6. The third-order valence-electron chi connectivity index (χ3n) is 3.55. The minimum Gasteiger partial charge on any atom is -0.367 e. The highest BCUT2D eigenvalue weighted by Crippen LogP contribution is 2.21. The maximum Gasteiger partial charge on any atom is 0.125 e. The molecule has 0 heterocycles. The summed E-state index contributed by atoms with van der Waals surface area (Å²) >= 11 is 0. The summed E-state index contributed by atoms with van der Waals surface area (Å²) in [6.45, 7) is 6.12. The van der Waals surface area contributed by atoms with Crippen LogP contribution in [0.25, 0.3) is 0 Å². The quantitative estimate of drug-likeness (QED) is 0.900. The first-order valence-corrected chi connectivity index (χ1v) is 6.93. The number of anilines is 1. The molecule has 0 fully saturated rings. The molecule has 0 radical (unpaired) electrons. The normalized spacial score (nSPS) is 10.6. The molecule has 106 valence electrons. The molecule has 0 aromatic heterocycles. The lowest BCUT2D eigenvalue weighted by atomic mass is 10.1. The highest BCUT2D eigenvalue weighted by molar-refractivity contribution is 5.50. The van der Waals surface area contributed by atoms with Crippen LogP contribution in [0.1, 0.15) is 23.6 Å². The Hall–Kier alpha value is -1.87. The Morgan fingerprint density at radius 3 is 2.55 bits per heavy atom. The van der Waals surface area contributed by atoms with Crippen LogP contribution in [-0.2, 0) is 13.1 Å². The summed E-state index contributed by atoms with van der Waals surface area (Å²) < 4.78 is 13.6. The number of hydrogen-bond acceptors (Lipinski definition) is 2. The number of aryl methyl sites for hydroxylation is 1. The lowest BCUT2D eigenvalue weighted by molar-refractivity contribution is 0.624. The number of rotatable bonds is 5. The van der Waals surface area contributed by atoms with E-state index in [0.717, 1.165) is 24.3 Å². The van der Waals surface area contributed by atoms with E-state index < -0.39 is 0 Å². The van der Waals surface area contributed by atoms with Gasteiger partial charge in [-0.15, -0.1) is 0 Å². The summed E-state index contributed by atoms with van der Waals surface area (Å²) in [5, 5.41) is 0. The van der Waals surface area contributed by atoms with Crippen LogP contribution in [0.4, 0.5) is 10.1 Å². The summed E-state index contributed by atoms with van der Waals surface area (Å²) in [4.78, 5) is 2.16. The summed E-state index contributed by atoms with van der Waals surface area (Å²) in [7, 11) is 0. The number of halogens is 1. The van der Waals surface area contributed by atoms with Gasteiger partial charge in [-0.1, -0.05) is 24.3 Å². The molecular formula is C17H21FN2. The maximum atomic E-state index is 13.6. The summed E-state index contributed by atoms with van der Waals surface area (Å²) in [5.41, 5.74) is 9.84. The fourth-order valence-corrected chi connectivity index (χ4v) is 2.31. The van der Waals surface area contributed by atoms with Crippen molar-refractivity contribution in [3.05, 3.63) is 65.0 Å². The molecule has 2 aromatic carbocycles. The molecule has 0 amide bonds. The number of hydrogen-bond donors (Lipinski definition) is 1. The van der Waals surface area contributed by atoms with Crippen molar-refractivity contribution in [2.45, 2.75) is 26.9 Å². The summed E-state index contributed by atoms with van der Waals surface area (Å²) in [6.07, 6.45) is 0. The van der Waals surface area contributed by atoms with Gasteiger partial charge in [0.15, 0.2) is 0 Å². The van der Waals surface area contributed by atoms with E-state index in [1.807, 2.05) is 18.2 Å². The van der Waals surface area contributed by atoms with Crippen LogP contribution in [0.15, 0.2) is 42.5 Å². The van der Waals surface area contributed by atoms with Crippen LogP contribution in [-0.4, -0.2) is 6.54 Å². The van der Waals surface area contributed by atoms with E-state index in [2.05, 4.69) is 30.9 Å². The predicted molar refractivity (Wildman–Crippen MR) is 82.2 cm³/mol. The molecule has 0 bridgehead atoms. The van der Waals surface area contributed by atoms with Crippen molar-refractivity contribution in [2.24, 2.45) is 5.73 Å². The molecule has 0 saturated heterocycles. The monoisotopic (exact) mass is 272 g/mol. The average Bonchev–Trinajstić information content (AvgIpc) is 2.45. The van der Waals surface area contributed by atoms with E-state index in [1.54, 1.807) is 6.07 Å². The second kappa shape index (κ2) is 6.53. The largest absolute Gasteiger partial charge is 0.367 e. The van der Waals surface area contributed by atoms with Crippen molar-refractivity contribution in [3.8, 4) is 0 Å². The second-order valence-corrected chi connectivity index (χ2v) is 4.96. The highest BCUT2D eigenvalue weighted by Gasteiger charge is 2.09. The van der Waals surface area contributed by atoms with Gasteiger partial charge in [0.2, 0.25) is 0 Å². The van der Waals surface area contributed by atoms with Gasteiger partial charge in [0.1, 0.15) is 5.82 Å². The fraction of sp³-hybridized carbons (Fsp3) is 0.294. The third kappa shape index (κ3) is 3.36. The van der Waals surface area contributed by atoms with E-state index >= 15 is 0 Å². The van der Waals surface area contributed by atoms with Crippen molar-refractivity contribution in [1.29, 1.82) is 0 Å². The molecule has 0 aliphatic heterocycles. The Labute approximate surface area is 120 Å². The SMILES string of the molecule is CCN(Cc1ccccc1C)c1cc(F)cc(CN)c1. The molecule has 20 heavy (non-hydrogen) atoms. The standard InChI is InChI=1S/C17H21FN2/c1-3-20(12-15-7-5-4-6-13(15)2)17-9-14(11-19)8-16(18)10-17/h4-10H,3,11-12,19H2,1-2H3. The average molecular weight is 272 g/mol. The Morgan fingerprint density at radius 2 is 1.90 bits per heavy atom. The predicted octanol–water partition coefficient (Wildman–Crippen LogP) is 3.62. The zero-order chi connectivity index (χ0) is 14.5. The fourth-order valence-electron chi connectivity index (χ4n) is 2.31. The van der Waals surface area contributed by atoms with E-state index in [1.165, 1.54) is 17.2 Å². The number of nitrogens with two attached hydrogens (primary N) is 1. The van der Waals surface area contributed by atoms with Crippen molar-refractivity contribution in [2.75, 3.05) is 11.4 Å². The van der Waals surface area contributed by atoms with Crippen molar-refractivity contribution < 1.29 is 4.39 Å². The smallest absolute Gasteiger partial charge is 0.125 e. The van der Waals surface area contributed by atoms with E-state index in [0.29, 0.717) is 6.54 Å². The van der Waals surface area contributed by atoms with Gasteiger partial charge in [0, 0.05) is 25.3 Å². The van der Waals surface area contributed by atoms with Gasteiger partial charge in [0.25, 0.3) is 0 Å². The molecule has 3 heteroatoms. The van der Waals surface area contributed by atoms with E-state index in [-0.39, 0.29) is 5.82 Å². The summed E-state index contributed by atoms with van der Waals surface area (Å²) in [6, 6.07) is 13.3. The minimum absolute atomic E-state index is 0.230. The van der Waals surface area contributed by atoms with E-state index in [9.17, 15) is 4.39 Å². The lowest BCUT2D eigenvalue weighted by Gasteiger charge is -2.24. The van der Waals surface area contributed by atoms with Crippen LogP contribution in [0, 0.1) is 12.7 Å². The van der Waals surface area contributed by atoms with Crippen LogP contribution in [0.2, 0.25) is 0 Å². The van der Waals surface area contributed by atoms with Crippen molar-refractivity contribution in [3.63, 3.8) is 0 Å². The molecule has 2 rings (SSSR count). The van der Waals surface area contributed by atoms with Gasteiger partial charge in [0.05, 0.1) is 0 Å². The Morgan fingerprint density at radius 1 is 1.15 bits per heavy atom. The highest BCUT2D eigenvalue weighted by atomic mass is 19.1. The number of benzene rings is 2. The van der Waals surface area contributed by atoms with Crippen LogP contribution in [0.3, 0.4) is 0 Å².